The van der Waals surface area contributed by atoms with Crippen LogP contribution in [0.5, 0.6) is 5.75 Å². The van der Waals surface area contributed by atoms with E-state index in [1.807, 2.05) is 30.3 Å². The number of amides is 1. The Morgan fingerprint density at radius 2 is 1.88 bits per heavy atom. The van der Waals surface area contributed by atoms with Gasteiger partial charge in [-0.2, -0.15) is 0 Å². The van der Waals surface area contributed by atoms with Crippen LogP contribution in [-0.2, 0) is 20.7 Å². The summed E-state index contributed by atoms with van der Waals surface area (Å²) in [5.74, 6) is -0.917. The van der Waals surface area contributed by atoms with E-state index in [0.29, 0.717) is 18.5 Å². The highest BCUT2D eigenvalue weighted by Crippen LogP contribution is 2.35. The summed E-state index contributed by atoms with van der Waals surface area (Å²) < 4.78 is 31.8. The Morgan fingerprint density at radius 1 is 1.19 bits per heavy atom. The molecule has 0 aromatic heterocycles. The molecule has 0 saturated carbocycles. The van der Waals surface area contributed by atoms with Gasteiger partial charge in [0.05, 0.1) is 5.60 Å². The maximum Gasteiger partial charge on any atom is 0.229 e. The quantitative estimate of drug-likeness (QED) is 0.603. The second kappa shape index (κ2) is 9.95. The summed E-state index contributed by atoms with van der Waals surface area (Å²) in [6, 6.07) is 12.3. The van der Waals surface area contributed by atoms with Crippen LogP contribution in [0.25, 0.3) is 11.1 Å². The van der Waals surface area contributed by atoms with Crippen LogP contribution >= 0.6 is 0 Å². The molecule has 0 aliphatic carbocycles. The molecule has 1 aliphatic rings. The Hall–Kier alpha value is -2.52. The summed E-state index contributed by atoms with van der Waals surface area (Å²) in [6.45, 7) is 5.18. The third-order valence-electron chi connectivity index (χ3n) is 5.55. The Labute approximate surface area is 187 Å². The number of methoxy groups -OCH3 is 1. The van der Waals surface area contributed by atoms with E-state index in [0.717, 1.165) is 11.1 Å². The molecular formula is C24H30FNO6. The van der Waals surface area contributed by atoms with Gasteiger partial charge >= 0.3 is 0 Å². The Bertz CT molecular complexity index is 936. The maximum absolute atomic E-state index is 15.0. The normalized spacial score (nSPS) is 24.7. The molecule has 174 valence electrons. The number of ether oxygens (including phenoxy) is 3. The van der Waals surface area contributed by atoms with Crippen LogP contribution in [0.2, 0.25) is 0 Å². The predicted octanol–water partition coefficient (Wildman–Crippen LogP) is 2.42. The highest BCUT2D eigenvalue weighted by Gasteiger charge is 2.50. The van der Waals surface area contributed by atoms with Crippen LogP contribution in [0.15, 0.2) is 42.5 Å². The molecule has 0 spiro atoms. The van der Waals surface area contributed by atoms with Crippen molar-refractivity contribution < 1.29 is 33.6 Å². The van der Waals surface area contributed by atoms with Crippen LogP contribution in [0.4, 0.5) is 4.39 Å². The van der Waals surface area contributed by atoms with E-state index in [2.05, 4.69) is 5.32 Å². The predicted molar refractivity (Wildman–Crippen MR) is 117 cm³/mol. The molecule has 7 nitrogen and oxygen atoms in total. The van der Waals surface area contributed by atoms with Gasteiger partial charge in [0, 0.05) is 20.6 Å². The van der Waals surface area contributed by atoms with Gasteiger partial charge in [-0.25, -0.2) is 4.39 Å². The van der Waals surface area contributed by atoms with Crippen molar-refractivity contribution in [2.75, 3.05) is 13.7 Å². The number of hydrogen-bond donors (Lipinski definition) is 3. The largest absolute Gasteiger partial charge is 0.459 e. The van der Waals surface area contributed by atoms with Crippen molar-refractivity contribution in [3.05, 3.63) is 53.8 Å². The van der Waals surface area contributed by atoms with Gasteiger partial charge in [-0.05, 0) is 49.1 Å². The second-order valence-corrected chi connectivity index (χ2v) is 8.38. The lowest BCUT2D eigenvalue weighted by Gasteiger charge is -2.46. The summed E-state index contributed by atoms with van der Waals surface area (Å²) in [4.78, 5) is 11.2. The van der Waals surface area contributed by atoms with E-state index in [4.69, 9.17) is 14.2 Å². The van der Waals surface area contributed by atoms with Crippen molar-refractivity contribution in [1.29, 1.82) is 0 Å². The van der Waals surface area contributed by atoms with Gasteiger partial charge in [0.15, 0.2) is 11.6 Å². The lowest BCUT2D eigenvalue weighted by molar-refractivity contribution is -0.306. The molecule has 1 heterocycles. The minimum atomic E-state index is -1.44. The first-order chi connectivity index (χ1) is 15.1. The molecule has 0 bridgehead atoms. The number of halogens is 1. The Balaban J connectivity index is 1.92. The number of carbonyl (C=O) groups is 1. The number of hydrogen-bond acceptors (Lipinski definition) is 6. The minimum Gasteiger partial charge on any atom is -0.459 e. The van der Waals surface area contributed by atoms with Crippen molar-refractivity contribution in [2.45, 2.75) is 57.4 Å². The molecular weight excluding hydrogens is 417 g/mol. The van der Waals surface area contributed by atoms with Gasteiger partial charge in [-0.15, -0.1) is 0 Å². The summed E-state index contributed by atoms with van der Waals surface area (Å²) >= 11 is 0. The molecule has 1 unspecified atom stereocenters. The van der Waals surface area contributed by atoms with Gasteiger partial charge in [-0.1, -0.05) is 30.3 Å². The highest BCUT2D eigenvalue weighted by molar-refractivity contribution is 5.73. The number of carbonyl (C=O) groups excluding carboxylic acids is 1. The third-order valence-corrected chi connectivity index (χ3v) is 5.55. The lowest BCUT2D eigenvalue weighted by Crippen LogP contribution is -2.63. The van der Waals surface area contributed by atoms with E-state index < -0.39 is 36.0 Å². The Morgan fingerprint density at radius 3 is 2.50 bits per heavy atom. The first kappa shape index (κ1) is 24.1. The van der Waals surface area contributed by atoms with Crippen LogP contribution in [-0.4, -0.2) is 60.0 Å². The van der Waals surface area contributed by atoms with E-state index in [1.165, 1.54) is 20.1 Å². The van der Waals surface area contributed by atoms with Crippen molar-refractivity contribution in [3.63, 3.8) is 0 Å². The molecule has 3 rings (SSSR count). The van der Waals surface area contributed by atoms with Crippen LogP contribution in [0, 0.1) is 5.82 Å². The van der Waals surface area contributed by atoms with Gasteiger partial charge in [-0.3, -0.25) is 4.79 Å². The Kier molecular flexibility index (Phi) is 7.51. The monoisotopic (exact) mass is 447 g/mol. The molecule has 1 aliphatic heterocycles. The highest BCUT2D eigenvalue weighted by atomic mass is 19.1. The smallest absolute Gasteiger partial charge is 0.229 e. The minimum absolute atomic E-state index is 0.116. The maximum atomic E-state index is 15.0. The number of rotatable bonds is 7. The van der Waals surface area contributed by atoms with Crippen molar-refractivity contribution in [1.82, 2.24) is 5.32 Å². The third kappa shape index (κ3) is 5.27. The fraction of sp³-hybridized carbons (Fsp3) is 0.458. The van der Waals surface area contributed by atoms with Crippen LogP contribution < -0.4 is 10.1 Å². The molecule has 0 radical (unpaired) electrons. The van der Waals surface area contributed by atoms with Gasteiger partial charge < -0.3 is 29.7 Å². The molecule has 3 N–H and O–H groups in total. The van der Waals surface area contributed by atoms with Crippen LogP contribution in [0.1, 0.15) is 26.3 Å². The average Bonchev–Trinajstić information content (AvgIpc) is 2.74. The fourth-order valence-corrected chi connectivity index (χ4v) is 3.98. The molecule has 32 heavy (non-hydrogen) atoms. The SMILES string of the molecule is CO[C@@H]1[C@@H](O)[C@@H](O)C(Oc2cc(-c3ccccc3)c(CCNC(C)=O)cc2F)OC1(C)C. The topological polar surface area (TPSA) is 97.3 Å². The van der Waals surface area contributed by atoms with E-state index in [-0.39, 0.29) is 11.7 Å². The summed E-state index contributed by atoms with van der Waals surface area (Å²) in [5, 5.41) is 23.7. The van der Waals surface area contributed by atoms with Gasteiger partial charge in [0.2, 0.25) is 12.2 Å². The van der Waals surface area contributed by atoms with Gasteiger partial charge in [0.1, 0.15) is 18.3 Å². The van der Waals surface area contributed by atoms with E-state index in [9.17, 15) is 15.0 Å². The zero-order valence-electron chi connectivity index (χ0n) is 18.7. The second-order valence-electron chi connectivity index (χ2n) is 8.38. The standard InChI is InChI=1S/C24H30FNO6/c1-14(27)26-11-10-16-12-18(25)19(13-17(16)15-8-6-5-7-9-15)31-23-21(29)20(28)22(30-4)24(2,3)32-23/h5-9,12-13,20-23,28-29H,10-11H2,1-4H3,(H,26,27)/t20-,21+,22+,23?/m0/s1. The fourth-order valence-electron chi connectivity index (χ4n) is 3.98. The first-order valence-electron chi connectivity index (χ1n) is 10.5. The molecule has 1 saturated heterocycles. The molecule has 4 atom stereocenters. The number of benzene rings is 2. The molecule has 1 fully saturated rings. The summed E-state index contributed by atoms with van der Waals surface area (Å²) in [6.07, 6.45) is -4.37. The van der Waals surface area contributed by atoms with Crippen molar-refractivity contribution in [2.24, 2.45) is 0 Å². The number of nitrogens with one attached hydrogen (secondary N) is 1. The van der Waals surface area contributed by atoms with Crippen molar-refractivity contribution in [3.8, 4) is 16.9 Å². The van der Waals surface area contributed by atoms with E-state index >= 15 is 4.39 Å². The van der Waals surface area contributed by atoms with Gasteiger partial charge in [0.25, 0.3) is 0 Å². The first-order valence-corrected chi connectivity index (χ1v) is 10.5. The molecule has 2 aromatic carbocycles. The molecule has 1 amide bonds. The number of aliphatic hydroxyl groups excluding tert-OH is 2. The molecule has 2 aromatic rings. The lowest BCUT2D eigenvalue weighted by atomic mass is 9.89. The van der Waals surface area contributed by atoms with E-state index in [1.54, 1.807) is 19.9 Å². The zero-order chi connectivity index (χ0) is 23.5. The van der Waals surface area contributed by atoms with Crippen LogP contribution in [0.3, 0.4) is 0 Å². The molecule has 8 heteroatoms. The average molecular weight is 448 g/mol. The summed E-state index contributed by atoms with van der Waals surface area (Å²) in [5.41, 5.74) is 1.29. The summed E-state index contributed by atoms with van der Waals surface area (Å²) in [7, 11) is 1.42. The zero-order valence-corrected chi connectivity index (χ0v) is 18.7. The number of aliphatic hydroxyl groups is 2. The van der Waals surface area contributed by atoms with Crippen molar-refractivity contribution >= 4 is 5.91 Å².